The molecule has 0 bridgehead atoms. The van der Waals surface area contributed by atoms with Gasteiger partial charge in [-0.15, -0.1) is 0 Å². The van der Waals surface area contributed by atoms with Crippen LogP contribution >= 0.6 is 0 Å². The number of amides is 1. The molecule has 146 valence electrons. The molecule has 1 fully saturated rings. The average molecular weight is 383 g/mol. The molecule has 1 aliphatic rings. The fourth-order valence-corrected chi connectivity index (χ4v) is 2.54. The highest BCUT2D eigenvalue weighted by Crippen LogP contribution is 2.31. The Bertz CT molecular complexity index is 907. The van der Waals surface area contributed by atoms with Gasteiger partial charge in [-0.2, -0.15) is 0 Å². The Morgan fingerprint density at radius 1 is 1.18 bits per heavy atom. The van der Waals surface area contributed by atoms with Crippen molar-refractivity contribution in [2.45, 2.75) is 38.8 Å². The standard InChI is InChI=1S/C20H21N3O5/c1-12-3-6-16(7-4-12)22-19(24)13(2)28-20(25)14-5-10-17(21-15-8-9-15)18(11-14)23(26)27/h3-7,10-11,13,15,21H,8-9H2,1-2H3,(H,22,24)/t13-/m0/s1. The first-order valence-electron chi connectivity index (χ1n) is 8.97. The Morgan fingerprint density at radius 2 is 1.86 bits per heavy atom. The second kappa shape index (κ2) is 8.08. The number of nitro groups is 1. The van der Waals surface area contributed by atoms with Crippen molar-refractivity contribution < 1.29 is 19.2 Å². The van der Waals surface area contributed by atoms with Gasteiger partial charge in [-0.25, -0.2) is 4.79 Å². The van der Waals surface area contributed by atoms with E-state index in [1.165, 1.54) is 19.1 Å². The van der Waals surface area contributed by atoms with Crippen LogP contribution < -0.4 is 10.6 Å². The maximum absolute atomic E-state index is 12.3. The van der Waals surface area contributed by atoms with Crippen LogP contribution in [-0.4, -0.2) is 28.9 Å². The van der Waals surface area contributed by atoms with Gasteiger partial charge in [0.25, 0.3) is 11.6 Å². The van der Waals surface area contributed by atoms with Crippen LogP contribution in [0.1, 0.15) is 35.7 Å². The number of hydrogen-bond acceptors (Lipinski definition) is 6. The van der Waals surface area contributed by atoms with E-state index in [9.17, 15) is 19.7 Å². The highest BCUT2D eigenvalue weighted by atomic mass is 16.6. The topological polar surface area (TPSA) is 111 Å². The molecule has 8 heteroatoms. The van der Waals surface area contributed by atoms with E-state index in [0.29, 0.717) is 11.4 Å². The summed E-state index contributed by atoms with van der Waals surface area (Å²) < 4.78 is 5.17. The molecule has 1 aliphatic carbocycles. The Labute approximate surface area is 162 Å². The molecule has 0 heterocycles. The predicted molar refractivity (Wildman–Crippen MR) is 104 cm³/mol. The van der Waals surface area contributed by atoms with Gasteiger partial charge in [0.15, 0.2) is 6.10 Å². The van der Waals surface area contributed by atoms with Crippen LogP contribution in [0.5, 0.6) is 0 Å². The minimum absolute atomic E-state index is 0.0167. The predicted octanol–water partition coefficient (Wildman–Crippen LogP) is 3.66. The Balaban J connectivity index is 1.65. The molecule has 1 atom stereocenters. The Morgan fingerprint density at radius 3 is 2.46 bits per heavy atom. The van der Waals surface area contributed by atoms with Gasteiger partial charge in [-0.1, -0.05) is 17.7 Å². The molecule has 0 saturated heterocycles. The highest BCUT2D eigenvalue weighted by Gasteiger charge is 2.26. The summed E-state index contributed by atoms with van der Waals surface area (Å²) in [5.41, 5.74) is 1.83. The SMILES string of the molecule is Cc1ccc(NC(=O)[C@H](C)OC(=O)c2ccc(NC3CC3)c([N+](=O)[O-])c2)cc1. The Kier molecular flexibility index (Phi) is 5.58. The summed E-state index contributed by atoms with van der Waals surface area (Å²) in [5, 5.41) is 17.0. The molecule has 3 rings (SSSR count). The molecule has 0 unspecified atom stereocenters. The number of carbonyl (C=O) groups is 2. The van der Waals surface area contributed by atoms with Crippen molar-refractivity contribution in [3.63, 3.8) is 0 Å². The van der Waals surface area contributed by atoms with Crippen LogP contribution in [0, 0.1) is 17.0 Å². The molecule has 28 heavy (non-hydrogen) atoms. The van der Waals surface area contributed by atoms with Gasteiger partial charge in [0.05, 0.1) is 10.5 Å². The van der Waals surface area contributed by atoms with Crippen LogP contribution in [0.3, 0.4) is 0 Å². The van der Waals surface area contributed by atoms with E-state index < -0.39 is 22.9 Å². The summed E-state index contributed by atoms with van der Waals surface area (Å²) in [6, 6.07) is 11.5. The van der Waals surface area contributed by atoms with Crippen LogP contribution in [-0.2, 0) is 9.53 Å². The smallest absolute Gasteiger partial charge is 0.339 e. The number of nitro benzene ring substituents is 1. The summed E-state index contributed by atoms with van der Waals surface area (Å²) in [4.78, 5) is 35.3. The number of esters is 1. The van der Waals surface area contributed by atoms with Crippen molar-refractivity contribution >= 4 is 28.9 Å². The van der Waals surface area contributed by atoms with E-state index in [1.54, 1.807) is 12.1 Å². The third-order valence-corrected chi connectivity index (χ3v) is 4.34. The van der Waals surface area contributed by atoms with Crippen molar-refractivity contribution in [1.82, 2.24) is 0 Å². The second-order valence-electron chi connectivity index (χ2n) is 6.81. The highest BCUT2D eigenvalue weighted by molar-refractivity contribution is 5.97. The number of nitrogens with one attached hydrogen (secondary N) is 2. The van der Waals surface area contributed by atoms with Gasteiger partial charge in [0.2, 0.25) is 0 Å². The number of rotatable bonds is 7. The zero-order valence-electron chi connectivity index (χ0n) is 15.6. The monoisotopic (exact) mass is 383 g/mol. The van der Waals surface area contributed by atoms with Crippen LogP contribution in [0.25, 0.3) is 0 Å². The minimum Gasteiger partial charge on any atom is -0.449 e. The zero-order valence-corrected chi connectivity index (χ0v) is 15.6. The number of hydrogen-bond donors (Lipinski definition) is 2. The number of anilines is 2. The van der Waals surface area contributed by atoms with E-state index in [-0.39, 0.29) is 17.3 Å². The van der Waals surface area contributed by atoms with E-state index in [4.69, 9.17) is 4.74 Å². The second-order valence-corrected chi connectivity index (χ2v) is 6.81. The van der Waals surface area contributed by atoms with Gasteiger partial charge in [0, 0.05) is 17.8 Å². The number of nitrogens with zero attached hydrogens (tertiary/aromatic N) is 1. The summed E-state index contributed by atoms with van der Waals surface area (Å²) in [7, 11) is 0. The fraction of sp³-hybridized carbons (Fsp3) is 0.300. The van der Waals surface area contributed by atoms with Crippen molar-refractivity contribution in [1.29, 1.82) is 0 Å². The summed E-state index contributed by atoms with van der Waals surface area (Å²) >= 11 is 0. The number of carbonyl (C=O) groups excluding carboxylic acids is 2. The first kappa shape index (κ1) is 19.3. The van der Waals surface area contributed by atoms with Crippen molar-refractivity contribution in [3.05, 3.63) is 63.7 Å². The quantitative estimate of drug-likeness (QED) is 0.429. The minimum atomic E-state index is -1.06. The van der Waals surface area contributed by atoms with Gasteiger partial charge in [0.1, 0.15) is 5.69 Å². The van der Waals surface area contributed by atoms with Gasteiger partial charge >= 0.3 is 5.97 Å². The lowest BCUT2D eigenvalue weighted by Gasteiger charge is -2.14. The lowest BCUT2D eigenvalue weighted by atomic mass is 10.1. The molecule has 0 aliphatic heterocycles. The first-order valence-corrected chi connectivity index (χ1v) is 8.97. The van der Waals surface area contributed by atoms with E-state index in [2.05, 4.69) is 10.6 Å². The lowest BCUT2D eigenvalue weighted by Crippen LogP contribution is -2.30. The summed E-state index contributed by atoms with van der Waals surface area (Å²) in [6.45, 7) is 3.37. The maximum atomic E-state index is 12.3. The third kappa shape index (κ3) is 4.85. The first-order chi connectivity index (χ1) is 13.3. The van der Waals surface area contributed by atoms with E-state index >= 15 is 0 Å². The molecule has 2 aromatic rings. The zero-order chi connectivity index (χ0) is 20.3. The van der Waals surface area contributed by atoms with E-state index in [0.717, 1.165) is 24.5 Å². The molecule has 2 N–H and O–H groups in total. The Hall–Kier alpha value is -3.42. The van der Waals surface area contributed by atoms with Crippen LogP contribution in [0.15, 0.2) is 42.5 Å². The normalized spacial score (nSPS) is 14.1. The molecule has 0 aromatic heterocycles. The molecular weight excluding hydrogens is 362 g/mol. The summed E-state index contributed by atoms with van der Waals surface area (Å²) in [5.74, 6) is -1.29. The van der Waals surface area contributed by atoms with Crippen LogP contribution in [0.4, 0.5) is 17.1 Å². The number of benzene rings is 2. The largest absolute Gasteiger partial charge is 0.449 e. The third-order valence-electron chi connectivity index (χ3n) is 4.34. The number of aryl methyl sites for hydroxylation is 1. The molecule has 2 aromatic carbocycles. The fourth-order valence-electron chi connectivity index (χ4n) is 2.54. The van der Waals surface area contributed by atoms with Crippen molar-refractivity contribution in [2.75, 3.05) is 10.6 Å². The average Bonchev–Trinajstić information content (AvgIpc) is 3.47. The molecule has 0 spiro atoms. The van der Waals surface area contributed by atoms with Crippen molar-refractivity contribution in [2.24, 2.45) is 0 Å². The summed E-state index contributed by atoms with van der Waals surface area (Å²) in [6.07, 6.45) is 0.875. The molecule has 0 radical (unpaired) electrons. The molecule has 1 amide bonds. The van der Waals surface area contributed by atoms with Gasteiger partial charge in [-0.3, -0.25) is 14.9 Å². The van der Waals surface area contributed by atoms with E-state index in [1.807, 2.05) is 19.1 Å². The number of ether oxygens (including phenoxy) is 1. The van der Waals surface area contributed by atoms with Gasteiger partial charge in [-0.05, 0) is 51.0 Å². The maximum Gasteiger partial charge on any atom is 0.339 e. The van der Waals surface area contributed by atoms with Gasteiger partial charge < -0.3 is 15.4 Å². The lowest BCUT2D eigenvalue weighted by molar-refractivity contribution is -0.384. The van der Waals surface area contributed by atoms with Crippen molar-refractivity contribution in [3.8, 4) is 0 Å². The molecular formula is C20H21N3O5. The molecule has 8 nitrogen and oxygen atoms in total. The van der Waals surface area contributed by atoms with Crippen LogP contribution in [0.2, 0.25) is 0 Å². The molecule has 1 saturated carbocycles.